The van der Waals surface area contributed by atoms with Crippen LogP contribution in [0.1, 0.15) is 66.0 Å². The summed E-state index contributed by atoms with van der Waals surface area (Å²) in [6, 6.07) is 4.30. The first kappa shape index (κ1) is 24.1. The second-order valence-electron chi connectivity index (χ2n) is 8.79. The van der Waals surface area contributed by atoms with Gasteiger partial charge < -0.3 is 9.72 Å². The Balaban J connectivity index is 1.90. The Bertz CT molecular complexity index is 1360. The van der Waals surface area contributed by atoms with Gasteiger partial charge in [-0.15, -0.1) is 11.3 Å². The molecule has 2 heterocycles. The minimum absolute atomic E-state index is 0.0323. The van der Waals surface area contributed by atoms with Crippen molar-refractivity contribution in [2.75, 3.05) is 0 Å². The van der Waals surface area contributed by atoms with Crippen molar-refractivity contribution in [3.63, 3.8) is 0 Å². The van der Waals surface area contributed by atoms with E-state index in [0.29, 0.717) is 15.8 Å². The molecule has 3 aromatic rings. The number of aromatic amines is 1. The maximum Gasteiger partial charge on any atom is 0.339 e. The lowest BCUT2D eigenvalue weighted by Gasteiger charge is -2.21. The molecule has 3 rings (SSSR count). The number of nitrogens with zero attached hydrogens (tertiary/aromatic N) is 1. The van der Waals surface area contributed by atoms with Crippen molar-refractivity contribution in [3.8, 4) is 0 Å². The first-order chi connectivity index (χ1) is 14.7. The molecule has 8 nitrogen and oxygen atoms in total. The summed E-state index contributed by atoms with van der Waals surface area (Å²) in [5.74, 6) is -0.475. The van der Waals surface area contributed by atoms with E-state index in [-0.39, 0.29) is 21.8 Å². The first-order valence-electron chi connectivity index (χ1n) is 10.0. The summed E-state index contributed by atoms with van der Waals surface area (Å²) in [5, 5.41) is 0.537. The maximum atomic E-state index is 12.9. The largest absolute Gasteiger partial charge is 0.451 e. The number of fused-ring (bicyclic) bond motifs is 1. The fourth-order valence-electron chi connectivity index (χ4n) is 3.19. The number of hydrogen-bond donors (Lipinski definition) is 2. The average molecular weight is 478 g/mol. The molecular formula is C22H27N3O5S2. The van der Waals surface area contributed by atoms with Crippen LogP contribution in [0.25, 0.3) is 10.2 Å². The summed E-state index contributed by atoms with van der Waals surface area (Å²) in [7, 11) is -3.82. The second kappa shape index (κ2) is 8.42. The molecule has 2 aromatic heterocycles. The van der Waals surface area contributed by atoms with Gasteiger partial charge in [-0.2, -0.15) is 0 Å². The molecule has 0 fully saturated rings. The molecular weight excluding hydrogens is 450 g/mol. The second-order valence-corrected chi connectivity index (χ2v) is 11.7. The van der Waals surface area contributed by atoms with E-state index in [2.05, 4.69) is 14.7 Å². The van der Waals surface area contributed by atoms with Gasteiger partial charge in [-0.1, -0.05) is 6.07 Å². The minimum Gasteiger partial charge on any atom is -0.451 e. The number of aromatic nitrogens is 2. The third kappa shape index (κ3) is 4.92. The number of carbonyl (C=O) groups excluding carboxylic acids is 1. The number of nitrogens with one attached hydrogen (secondary N) is 2. The van der Waals surface area contributed by atoms with Crippen molar-refractivity contribution >= 4 is 37.5 Å². The standard InChI is InChI=1S/C22H27N3O5S2/c1-11-8-9-15(32(28,29)25-22(5,6)7)10-16(11)21(27)30-13(3)18-23-19(26)17-12(2)14(4)31-20(17)24-18/h8-10,13,25H,1-7H3,(H,23,24,26)/t13-/m1/s1. The molecule has 10 heteroatoms. The fraction of sp³-hybridized carbons (Fsp3) is 0.409. The predicted molar refractivity (Wildman–Crippen MR) is 125 cm³/mol. The lowest BCUT2D eigenvalue weighted by molar-refractivity contribution is 0.0319. The maximum absolute atomic E-state index is 12.9. The normalized spacial score (nSPS) is 13.3. The summed E-state index contributed by atoms with van der Waals surface area (Å²) in [4.78, 5) is 34.1. The predicted octanol–water partition coefficient (Wildman–Crippen LogP) is 3.90. The van der Waals surface area contributed by atoms with Crippen molar-refractivity contribution in [2.24, 2.45) is 0 Å². The molecule has 0 radical (unpaired) electrons. The van der Waals surface area contributed by atoms with Crippen LogP contribution in [-0.4, -0.2) is 29.9 Å². The Morgan fingerprint density at radius 2 is 1.88 bits per heavy atom. The van der Waals surface area contributed by atoms with Crippen molar-refractivity contribution in [2.45, 2.75) is 65.0 Å². The number of benzene rings is 1. The number of hydrogen-bond acceptors (Lipinski definition) is 7. The Morgan fingerprint density at radius 1 is 1.22 bits per heavy atom. The van der Waals surface area contributed by atoms with Crippen molar-refractivity contribution < 1.29 is 17.9 Å². The van der Waals surface area contributed by atoms with Gasteiger partial charge in [-0.3, -0.25) is 4.79 Å². The summed E-state index contributed by atoms with van der Waals surface area (Å²) in [6.07, 6.45) is -0.838. The van der Waals surface area contributed by atoms with Crippen LogP contribution in [0.2, 0.25) is 0 Å². The van der Waals surface area contributed by atoms with E-state index in [1.54, 1.807) is 40.7 Å². The van der Waals surface area contributed by atoms with E-state index in [9.17, 15) is 18.0 Å². The Morgan fingerprint density at radius 3 is 2.50 bits per heavy atom. The molecule has 0 aliphatic rings. The smallest absolute Gasteiger partial charge is 0.339 e. The summed E-state index contributed by atoms with van der Waals surface area (Å²) in [6.45, 7) is 12.3. The van der Waals surface area contributed by atoms with Gasteiger partial charge in [0.2, 0.25) is 10.0 Å². The molecule has 0 aliphatic carbocycles. The molecule has 1 aromatic carbocycles. The van der Waals surface area contributed by atoms with Gasteiger partial charge in [0, 0.05) is 10.4 Å². The first-order valence-corrected chi connectivity index (χ1v) is 12.3. The van der Waals surface area contributed by atoms with Crippen molar-refractivity contribution in [1.82, 2.24) is 14.7 Å². The molecule has 172 valence electrons. The van der Waals surface area contributed by atoms with Gasteiger partial charge in [-0.05, 0) is 71.7 Å². The Hall–Kier alpha value is -2.56. The van der Waals surface area contributed by atoms with Crippen molar-refractivity contribution in [1.29, 1.82) is 0 Å². The minimum atomic E-state index is -3.82. The number of aryl methyl sites for hydroxylation is 3. The van der Waals surface area contributed by atoms with E-state index in [0.717, 1.165) is 10.4 Å². The number of ether oxygens (including phenoxy) is 1. The SMILES string of the molecule is Cc1ccc(S(=O)(=O)NC(C)(C)C)cc1C(=O)O[C@H](C)c1nc2sc(C)c(C)c2c(=O)[nH]1. The van der Waals surface area contributed by atoms with Gasteiger partial charge in [-0.25, -0.2) is 22.9 Å². The van der Waals surface area contributed by atoms with Crippen LogP contribution in [0.15, 0.2) is 27.9 Å². The molecule has 0 amide bonds. The zero-order valence-electron chi connectivity index (χ0n) is 19.1. The van der Waals surface area contributed by atoms with Crippen LogP contribution in [-0.2, 0) is 14.8 Å². The molecule has 0 unspecified atom stereocenters. The van der Waals surface area contributed by atoms with E-state index in [1.807, 2.05) is 13.8 Å². The monoisotopic (exact) mass is 477 g/mol. The summed E-state index contributed by atoms with van der Waals surface area (Å²) in [5.41, 5.74) is 0.617. The molecule has 0 bridgehead atoms. The van der Waals surface area contributed by atoms with E-state index in [1.165, 1.54) is 23.5 Å². The van der Waals surface area contributed by atoms with Gasteiger partial charge >= 0.3 is 5.97 Å². The van der Waals surface area contributed by atoms with Crippen LogP contribution in [0.4, 0.5) is 0 Å². The number of H-pyrrole nitrogens is 1. The quantitative estimate of drug-likeness (QED) is 0.538. The summed E-state index contributed by atoms with van der Waals surface area (Å²) < 4.78 is 33.4. The zero-order valence-corrected chi connectivity index (χ0v) is 20.7. The van der Waals surface area contributed by atoms with E-state index in [4.69, 9.17) is 4.74 Å². The van der Waals surface area contributed by atoms with Gasteiger partial charge in [0.15, 0.2) is 11.9 Å². The van der Waals surface area contributed by atoms with Crippen LogP contribution in [0.3, 0.4) is 0 Å². The zero-order chi connectivity index (χ0) is 24.0. The Kier molecular flexibility index (Phi) is 6.34. The van der Waals surface area contributed by atoms with Gasteiger partial charge in [0.25, 0.3) is 5.56 Å². The number of carbonyl (C=O) groups is 1. The number of esters is 1. The average Bonchev–Trinajstić information content (AvgIpc) is 2.94. The topological polar surface area (TPSA) is 118 Å². The van der Waals surface area contributed by atoms with E-state index < -0.39 is 27.6 Å². The third-order valence-corrected chi connectivity index (χ3v) is 7.76. The lowest BCUT2D eigenvalue weighted by atomic mass is 10.1. The highest BCUT2D eigenvalue weighted by Gasteiger charge is 2.25. The highest BCUT2D eigenvalue weighted by molar-refractivity contribution is 7.89. The molecule has 1 atom stereocenters. The van der Waals surface area contributed by atoms with Crippen LogP contribution < -0.4 is 10.3 Å². The summed E-state index contributed by atoms with van der Waals surface area (Å²) >= 11 is 1.41. The highest BCUT2D eigenvalue weighted by atomic mass is 32.2. The molecule has 2 N–H and O–H groups in total. The Labute approximate surface area is 191 Å². The highest BCUT2D eigenvalue weighted by Crippen LogP contribution is 2.27. The molecule has 0 saturated heterocycles. The lowest BCUT2D eigenvalue weighted by Crippen LogP contribution is -2.40. The van der Waals surface area contributed by atoms with Crippen LogP contribution in [0, 0.1) is 20.8 Å². The van der Waals surface area contributed by atoms with Crippen LogP contribution >= 0.6 is 11.3 Å². The molecule has 0 spiro atoms. The number of sulfonamides is 1. The third-order valence-electron chi connectivity index (χ3n) is 4.91. The fourth-order valence-corrected chi connectivity index (χ4v) is 5.68. The van der Waals surface area contributed by atoms with E-state index >= 15 is 0 Å². The van der Waals surface area contributed by atoms with Gasteiger partial charge in [0.05, 0.1) is 15.8 Å². The number of rotatable bonds is 5. The number of thiophene rings is 1. The molecule has 0 aliphatic heterocycles. The van der Waals surface area contributed by atoms with Gasteiger partial charge in [0.1, 0.15) is 4.83 Å². The molecule has 32 heavy (non-hydrogen) atoms. The van der Waals surface area contributed by atoms with Crippen LogP contribution in [0.5, 0.6) is 0 Å². The molecule has 0 saturated carbocycles. The van der Waals surface area contributed by atoms with Crippen molar-refractivity contribution in [3.05, 3.63) is 55.9 Å².